The zero-order chi connectivity index (χ0) is 28.5. The van der Waals surface area contributed by atoms with Crippen molar-refractivity contribution in [3.63, 3.8) is 0 Å². The molecule has 0 aliphatic carbocycles. The zero-order valence-electron chi connectivity index (χ0n) is 21.9. The third kappa shape index (κ3) is 51.4. The van der Waals surface area contributed by atoms with Crippen LogP contribution in [-0.2, 0) is 79.0 Å². The molecule has 37 heavy (non-hydrogen) atoms. The van der Waals surface area contributed by atoms with Crippen molar-refractivity contribution in [3.8, 4) is 0 Å². The van der Waals surface area contributed by atoms with E-state index in [2.05, 4.69) is 0 Å². The fourth-order valence-electron chi connectivity index (χ4n) is 1.39. The van der Waals surface area contributed by atoms with E-state index in [1.807, 2.05) is 0 Å². The van der Waals surface area contributed by atoms with Crippen LogP contribution in [-0.4, -0.2) is 101 Å². The minimum Gasteiger partial charge on any atom is -0.541 e. The summed E-state index contributed by atoms with van der Waals surface area (Å²) >= 11 is 0. The van der Waals surface area contributed by atoms with E-state index >= 15 is 0 Å². The van der Waals surface area contributed by atoms with E-state index in [0.29, 0.717) is 26.4 Å². The first-order valence-electron chi connectivity index (χ1n) is 11.0. The molecule has 12 nitrogen and oxygen atoms in total. The Morgan fingerprint density at radius 3 is 0.703 bits per heavy atom. The van der Waals surface area contributed by atoms with Gasteiger partial charge in [0, 0.05) is 26.4 Å². The normalized spacial score (nSPS) is 8.76. The molecular weight excluding hydrogens is 528 g/mol. The van der Waals surface area contributed by atoms with Crippen LogP contribution < -0.4 is 0 Å². The molecule has 0 atom stereocenters. The number of carbonyl (C=O) groups excluding carboxylic acids is 8. The molecular formula is C24H36O12Ti. The standard InChI is InChI=1S/4C6H9O3.Ti/c4*1-2-9-5-6(8)3-4-7;/h4*2-3,5H2,1H3;/q4*-1;+4. The van der Waals surface area contributed by atoms with Crippen molar-refractivity contribution in [1.82, 2.24) is 0 Å². The largest absolute Gasteiger partial charge is 4.00 e. The van der Waals surface area contributed by atoms with E-state index in [4.69, 9.17) is 18.9 Å². The summed E-state index contributed by atoms with van der Waals surface area (Å²) in [4.78, 5) is 80.0. The van der Waals surface area contributed by atoms with Crippen molar-refractivity contribution in [2.45, 2.75) is 53.4 Å². The van der Waals surface area contributed by atoms with Gasteiger partial charge in [-0.15, -0.1) is 0 Å². The summed E-state index contributed by atoms with van der Waals surface area (Å²) in [7, 11) is 0. The van der Waals surface area contributed by atoms with Gasteiger partial charge in [-0.2, -0.15) is 0 Å². The molecule has 0 spiro atoms. The van der Waals surface area contributed by atoms with Crippen molar-refractivity contribution >= 4 is 48.3 Å². The van der Waals surface area contributed by atoms with E-state index in [-0.39, 0.29) is 97.0 Å². The Hall–Kier alpha value is -2.09. The molecule has 0 aromatic carbocycles. The Bertz CT molecular complexity index is 505. The van der Waals surface area contributed by atoms with Crippen LogP contribution >= 0.6 is 0 Å². The molecule has 208 valence electrons. The molecule has 0 bridgehead atoms. The smallest absolute Gasteiger partial charge is 0.541 e. The summed E-state index contributed by atoms with van der Waals surface area (Å²) in [6.07, 6.45) is 5.38. The number of hydrogen-bond donors (Lipinski definition) is 0. The van der Waals surface area contributed by atoms with Gasteiger partial charge in [0.2, 0.25) is 0 Å². The molecule has 0 fully saturated rings. The van der Waals surface area contributed by atoms with Crippen LogP contribution in [0.15, 0.2) is 0 Å². The van der Waals surface area contributed by atoms with Gasteiger partial charge in [0.1, 0.15) is 49.6 Å². The first-order chi connectivity index (χ1) is 17.2. The van der Waals surface area contributed by atoms with E-state index in [9.17, 15) is 38.4 Å². The van der Waals surface area contributed by atoms with Crippen LogP contribution in [0.5, 0.6) is 0 Å². The van der Waals surface area contributed by atoms with Crippen LogP contribution in [0.25, 0.3) is 0 Å². The number of hydrogen-bond acceptors (Lipinski definition) is 12. The van der Waals surface area contributed by atoms with Crippen molar-refractivity contribution in [1.29, 1.82) is 0 Å². The van der Waals surface area contributed by atoms with Gasteiger partial charge in [-0.3, -0.25) is 44.3 Å². The van der Waals surface area contributed by atoms with Crippen LogP contribution in [0.4, 0.5) is 0 Å². The predicted molar refractivity (Wildman–Crippen MR) is 127 cm³/mol. The Balaban J connectivity index is -0.000000122. The van der Waals surface area contributed by atoms with Crippen molar-refractivity contribution < 1.29 is 79.0 Å². The Morgan fingerprint density at radius 2 is 0.595 bits per heavy atom. The maximum absolute atomic E-state index is 10.4. The second-order valence-electron chi connectivity index (χ2n) is 5.99. The first-order valence-corrected chi connectivity index (χ1v) is 11.0. The van der Waals surface area contributed by atoms with Gasteiger partial charge in [-0.05, 0) is 27.7 Å². The number of carbonyl (C=O) groups is 4. The summed E-state index contributed by atoms with van der Waals surface area (Å²) in [6.45, 7) is 9.31. The molecule has 0 aliphatic rings. The molecule has 0 unspecified atom stereocenters. The van der Waals surface area contributed by atoms with Crippen LogP contribution in [0, 0.1) is 0 Å². The quantitative estimate of drug-likeness (QED) is 0.113. The second-order valence-corrected chi connectivity index (χ2v) is 5.99. The molecule has 0 aromatic rings. The molecule has 13 heteroatoms. The van der Waals surface area contributed by atoms with Crippen LogP contribution in [0.2, 0.25) is 0 Å². The first kappa shape index (κ1) is 44.9. The van der Waals surface area contributed by atoms with Gasteiger partial charge in [-0.25, -0.2) is 0 Å². The third-order valence-corrected chi connectivity index (χ3v) is 2.95. The molecule has 0 saturated carbocycles. The van der Waals surface area contributed by atoms with E-state index in [1.54, 1.807) is 27.7 Å². The van der Waals surface area contributed by atoms with Crippen LogP contribution in [0.1, 0.15) is 53.4 Å². The topological polar surface area (TPSA) is 173 Å². The maximum atomic E-state index is 10.4. The average molecular weight is 564 g/mol. The Kier molecular flexibility index (Phi) is 49.8. The van der Waals surface area contributed by atoms with E-state index in [1.165, 1.54) is 25.1 Å². The van der Waals surface area contributed by atoms with Crippen molar-refractivity contribution in [2.24, 2.45) is 0 Å². The molecule has 0 aromatic heterocycles. The monoisotopic (exact) mass is 564 g/mol. The number of Topliss-reactive ketones (excluding diaryl/α,β-unsaturated/α-hetero) is 4. The molecule has 0 N–H and O–H groups in total. The van der Waals surface area contributed by atoms with Gasteiger partial charge in [0.25, 0.3) is 0 Å². The number of ketones is 4. The second kappa shape index (κ2) is 41.1. The number of ether oxygens (including phenoxy) is 4. The molecule has 0 rings (SSSR count). The molecule has 0 radical (unpaired) electrons. The SMILES string of the molecule is CCOCC(=O)C[C-]=O.CCOCC(=O)C[C-]=O.CCOCC(=O)C[C-]=O.CCOCC(=O)C[C-]=O.[Ti+4]. The average Bonchev–Trinajstić information content (AvgIpc) is 2.85. The summed E-state index contributed by atoms with van der Waals surface area (Å²) in [5, 5.41) is 0. The fraction of sp³-hybridized carbons (Fsp3) is 0.667. The molecule has 0 amide bonds. The van der Waals surface area contributed by atoms with Gasteiger partial charge < -0.3 is 38.1 Å². The van der Waals surface area contributed by atoms with Crippen LogP contribution in [0.3, 0.4) is 0 Å². The predicted octanol–water partition coefficient (Wildman–Crippen LogP) is 0.365. The van der Waals surface area contributed by atoms with E-state index < -0.39 is 0 Å². The maximum Gasteiger partial charge on any atom is 4.00 e. The number of rotatable bonds is 20. The molecule has 0 aliphatic heterocycles. The van der Waals surface area contributed by atoms with Gasteiger partial charge in [-0.1, -0.05) is 25.7 Å². The van der Waals surface area contributed by atoms with Gasteiger partial charge >= 0.3 is 21.7 Å². The van der Waals surface area contributed by atoms with Gasteiger partial charge in [0.05, 0.1) is 0 Å². The minimum atomic E-state index is -0.216. The van der Waals surface area contributed by atoms with Gasteiger partial charge in [0.15, 0.2) is 0 Å². The fourth-order valence-corrected chi connectivity index (χ4v) is 1.39. The van der Waals surface area contributed by atoms with Crippen molar-refractivity contribution in [2.75, 3.05) is 52.9 Å². The molecule has 0 saturated heterocycles. The third-order valence-electron chi connectivity index (χ3n) is 2.95. The summed E-state index contributed by atoms with van der Waals surface area (Å²) in [6, 6.07) is 0. The summed E-state index contributed by atoms with van der Waals surface area (Å²) in [5.74, 6) is -0.864. The zero-order valence-corrected chi connectivity index (χ0v) is 23.4. The van der Waals surface area contributed by atoms with Crippen molar-refractivity contribution in [3.05, 3.63) is 0 Å². The minimum absolute atomic E-state index is 0. The summed E-state index contributed by atoms with van der Waals surface area (Å²) < 4.78 is 18.9. The Labute approximate surface area is 233 Å². The molecule has 0 heterocycles. The van der Waals surface area contributed by atoms with E-state index in [0.717, 1.165) is 0 Å². The summed E-state index contributed by atoms with van der Waals surface area (Å²) in [5.41, 5.74) is 0. The Morgan fingerprint density at radius 1 is 0.432 bits per heavy atom.